The molecule has 0 saturated carbocycles. The Hall–Kier alpha value is -6.84. The van der Waals surface area contributed by atoms with Gasteiger partial charge in [-0.3, -0.25) is 0 Å². The van der Waals surface area contributed by atoms with Crippen LogP contribution in [0.4, 0.5) is 0 Å². The zero-order chi connectivity index (χ0) is 48.1. The van der Waals surface area contributed by atoms with E-state index in [1.165, 1.54) is 44.3 Å². The lowest BCUT2D eigenvalue weighted by Crippen LogP contribution is -2.33. The normalized spacial score (nSPS) is 11.8. The number of hydrogen-bond acceptors (Lipinski definition) is 6. The molecule has 0 amide bonds. The Morgan fingerprint density at radius 3 is 0.871 bits per heavy atom. The summed E-state index contributed by atoms with van der Waals surface area (Å²) in [4.78, 5) is 0. The molecular formula is C62H64N2O4P2+2. The first-order valence-electron chi connectivity index (χ1n) is 24.6. The molecule has 0 bridgehead atoms. The molecule has 8 aromatic rings. The molecule has 0 aliphatic carbocycles. The van der Waals surface area contributed by atoms with Crippen LogP contribution in [0.2, 0.25) is 0 Å². The summed E-state index contributed by atoms with van der Waals surface area (Å²) in [6, 6.07) is 76.8. The molecular weight excluding hydrogens is 899 g/mol. The number of phenolic OH excluding ortho intramolecular Hbond substituents is 2. The minimum absolute atomic E-state index is 0.0602. The number of nitrogens with zero attached hydrogens (tertiary/aromatic N) is 2. The van der Waals surface area contributed by atoms with E-state index in [1.54, 1.807) is 24.3 Å². The first kappa shape index (κ1) is 49.6. The van der Waals surface area contributed by atoms with Crippen molar-refractivity contribution in [1.29, 1.82) is 0 Å². The van der Waals surface area contributed by atoms with Crippen molar-refractivity contribution in [2.24, 2.45) is 10.2 Å². The molecule has 0 heterocycles. The van der Waals surface area contributed by atoms with Crippen molar-refractivity contribution in [2.75, 3.05) is 25.5 Å². The first-order valence-corrected chi connectivity index (χ1v) is 28.6. The van der Waals surface area contributed by atoms with Crippen LogP contribution in [0.1, 0.15) is 62.5 Å². The van der Waals surface area contributed by atoms with Gasteiger partial charge in [-0.25, -0.2) is 0 Å². The molecule has 0 radical (unpaired) electrons. The maximum atomic E-state index is 10.7. The molecule has 8 aromatic carbocycles. The molecule has 0 atom stereocenters. The van der Waals surface area contributed by atoms with E-state index < -0.39 is 14.5 Å². The average molecular weight is 963 g/mol. The van der Waals surface area contributed by atoms with Gasteiger partial charge in [0.25, 0.3) is 0 Å². The van der Waals surface area contributed by atoms with Crippen molar-refractivity contribution in [1.82, 2.24) is 0 Å². The van der Waals surface area contributed by atoms with E-state index in [-0.39, 0.29) is 11.5 Å². The first-order chi connectivity index (χ1) is 34.6. The fraction of sp³-hybridized carbons (Fsp3) is 0.194. The van der Waals surface area contributed by atoms with Gasteiger partial charge in [0.05, 0.1) is 38.0 Å². The van der Waals surface area contributed by atoms with Gasteiger partial charge in [-0.1, -0.05) is 109 Å². The van der Waals surface area contributed by atoms with Crippen LogP contribution in [-0.4, -0.2) is 48.2 Å². The molecule has 354 valence electrons. The van der Waals surface area contributed by atoms with Gasteiger partial charge >= 0.3 is 0 Å². The van der Waals surface area contributed by atoms with Crippen LogP contribution >= 0.6 is 14.5 Å². The van der Waals surface area contributed by atoms with E-state index in [9.17, 15) is 10.2 Å². The highest BCUT2D eigenvalue weighted by molar-refractivity contribution is 7.96. The van der Waals surface area contributed by atoms with Crippen LogP contribution < -0.4 is 41.3 Å². The Kier molecular flexibility index (Phi) is 18.2. The summed E-state index contributed by atoms with van der Waals surface area (Å²) < 4.78 is 12.1. The van der Waals surface area contributed by atoms with E-state index in [0.717, 1.165) is 63.7 Å². The number of unbranched alkanes of at least 4 members (excludes halogenated alkanes) is 6. The summed E-state index contributed by atoms with van der Waals surface area (Å²) in [7, 11) is -3.64. The van der Waals surface area contributed by atoms with Crippen molar-refractivity contribution in [3.05, 3.63) is 230 Å². The van der Waals surface area contributed by atoms with E-state index in [0.29, 0.717) is 35.8 Å². The smallest absolute Gasteiger partial charge is 0.128 e. The van der Waals surface area contributed by atoms with Crippen molar-refractivity contribution in [3.8, 4) is 23.0 Å². The fourth-order valence-electron chi connectivity index (χ4n) is 9.39. The third-order valence-corrected chi connectivity index (χ3v) is 22.0. The van der Waals surface area contributed by atoms with Crippen LogP contribution in [0.15, 0.2) is 229 Å². The largest absolute Gasteiger partial charge is 0.507 e. The Balaban J connectivity index is 0.755. The van der Waals surface area contributed by atoms with E-state index in [2.05, 4.69) is 192 Å². The summed E-state index contributed by atoms with van der Waals surface area (Å²) in [5.74, 6) is 1.35. The monoisotopic (exact) mass is 962 g/mol. The van der Waals surface area contributed by atoms with Gasteiger partial charge in [-0.05, 0) is 148 Å². The topological polar surface area (TPSA) is 83.6 Å². The van der Waals surface area contributed by atoms with Gasteiger partial charge in [0.15, 0.2) is 0 Å². The van der Waals surface area contributed by atoms with Gasteiger partial charge < -0.3 is 19.7 Å². The number of hydrogen-bond donors (Lipinski definition) is 2. The predicted molar refractivity (Wildman–Crippen MR) is 299 cm³/mol. The lowest BCUT2D eigenvalue weighted by Gasteiger charge is -2.27. The Labute approximate surface area is 416 Å². The van der Waals surface area contributed by atoms with Gasteiger partial charge in [-0.2, -0.15) is 10.2 Å². The fourth-order valence-corrected chi connectivity index (χ4v) is 18.2. The second kappa shape index (κ2) is 25.7. The van der Waals surface area contributed by atoms with Gasteiger partial charge in [0, 0.05) is 23.3 Å². The van der Waals surface area contributed by atoms with Crippen molar-refractivity contribution in [3.63, 3.8) is 0 Å². The second-order valence-electron chi connectivity index (χ2n) is 17.5. The number of benzene rings is 8. The molecule has 0 fully saturated rings. The highest BCUT2D eigenvalue weighted by atomic mass is 31.2. The van der Waals surface area contributed by atoms with E-state index >= 15 is 0 Å². The van der Waals surface area contributed by atoms with Crippen molar-refractivity contribution >= 4 is 58.8 Å². The Morgan fingerprint density at radius 1 is 0.329 bits per heavy atom. The summed E-state index contributed by atoms with van der Waals surface area (Å²) in [5.41, 5.74) is 1.04. The second-order valence-corrected chi connectivity index (χ2v) is 24.8. The molecule has 0 saturated heterocycles. The molecule has 6 nitrogen and oxygen atoms in total. The van der Waals surface area contributed by atoms with E-state index in [1.807, 2.05) is 12.1 Å². The molecule has 2 N–H and O–H groups in total. The van der Waals surface area contributed by atoms with Crippen molar-refractivity contribution in [2.45, 2.75) is 51.4 Å². The van der Waals surface area contributed by atoms with Gasteiger partial charge in [0.1, 0.15) is 69.4 Å². The van der Waals surface area contributed by atoms with Crippen LogP contribution in [0.25, 0.3) is 0 Å². The zero-order valence-corrected chi connectivity index (χ0v) is 41.7. The summed E-state index contributed by atoms with van der Waals surface area (Å²) in [6.45, 7) is 1.14. The summed E-state index contributed by atoms with van der Waals surface area (Å²) in [5, 5.41) is 38.3. The average Bonchev–Trinajstić information content (AvgIpc) is 3.42. The van der Waals surface area contributed by atoms with Gasteiger partial charge in [-0.15, -0.1) is 0 Å². The SMILES string of the molecule is Oc1cc(OCCCCCC[P+](c2ccccc2)(c2ccccc2)c2ccccc2)ccc1C=N/N=C/c1ccc(OCCCCCC[P+](c2ccccc2)(c2ccccc2)c2ccccc2)cc1O. The third-order valence-electron chi connectivity index (χ3n) is 13.0. The maximum absolute atomic E-state index is 10.7. The number of ether oxygens (including phenoxy) is 2. The minimum Gasteiger partial charge on any atom is -0.507 e. The van der Waals surface area contributed by atoms with Gasteiger partial charge in [0.2, 0.25) is 0 Å². The highest BCUT2D eigenvalue weighted by Crippen LogP contribution is 2.57. The minimum atomic E-state index is -1.82. The molecule has 0 unspecified atom stereocenters. The Morgan fingerprint density at radius 2 is 0.600 bits per heavy atom. The highest BCUT2D eigenvalue weighted by Gasteiger charge is 2.45. The molecule has 0 aliphatic heterocycles. The summed E-state index contributed by atoms with van der Waals surface area (Å²) in [6.07, 6.45) is 13.6. The standard InChI is InChI=1S/C62H62N2O4P2/c65-61-47-53(67-43-23-1-3-25-45-69(55-27-11-5-12-28-55,56-29-13-6-14-30-56)57-31-15-7-16-32-57)41-39-51(61)49-63-64-50-52-40-42-54(48-62(52)66)68-44-24-2-4-26-46-70(58-33-17-8-18-34-58,59-35-19-9-20-36-59)60-37-21-10-22-38-60/h5-22,27-42,47-50H,1-4,23-26,43-46H2/p+2. The lowest BCUT2D eigenvalue weighted by atomic mass is 10.2. The summed E-state index contributed by atoms with van der Waals surface area (Å²) >= 11 is 0. The quantitative estimate of drug-likeness (QED) is 0.0259. The molecule has 8 heteroatoms. The van der Waals surface area contributed by atoms with Crippen LogP contribution in [0, 0.1) is 0 Å². The number of aromatic hydroxyl groups is 2. The predicted octanol–water partition coefficient (Wildman–Crippen LogP) is 12.4. The number of rotatable bonds is 25. The van der Waals surface area contributed by atoms with Crippen molar-refractivity contribution < 1.29 is 19.7 Å². The van der Waals surface area contributed by atoms with Crippen LogP contribution in [0.3, 0.4) is 0 Å². The Bertz CT molecular complexity index is 2460. The molecule has 70 heavy (non-hydrogen) atoms. The molecule has 0 aliphatic rings. The lowest BCUT2D eigenvalue weighted by molar-refractivity contribution is 0.303. The van der Waals surface area contributed by atoms with Crippen LogP contribution in [-0.2, 0) is 0 Å². The van der Waals surface area contributed by atoms with Crippen LogP contribution in [0.5, 0.6) is 23.0 Å². The van der Waals surface area contributed by atoms with E-state index in [4.69, 9.17) is 9.47 Å². The zero-order valence-electron chi connectivity index (χ0n) is 39.9. The maximum Gasteiger partial charge on any atom is 0.128 e. The number of phenols is 2. The third kappa shape index (κ3) is 12.7. The molecule has 8 rings (SSSR count). The molecule has 0 aromatic heterocycles. The molecule has 0 spiro atoms.